The van der Waals surface area contributed by atoms with Gasteiger partial charge in [0, 0.05) is 16.9 Å². The van der Waals surface area contributed by atoms with Crippen molar-refractivity contribution in [2.24, 2.45) is 0 Å². The number of phenolic OH excluding ortho intramolecular Hbond substituents is 2. The summed E-state index contributed by atoms with van der Waals surface area (Å²) in [5.74, 6) is 0.707. The molecule has 0 heterocycles. The predicted octanol–water partition coefficient (Wildman–Crippen LogP) is 2.61. The van der Waals surface area contributed by atoms with Crippen LogP contribution in [0.2, 0.25) is 0 Å². The van der Waals surface area contributed by atoms with Crippen molar-refractivity contribution in [3.63, 3.8) is 0 Å². The Labute approximate surface area is 82.8 Å². The lowest BCUT2D eigenvalue weighted by molar-refractivity contribution is 0.436. The lowest BCUT2D eigenvalue weighted by Gasteiger charge is -2.23. The fraction of sp³-hybridized carbons (Fsp3) is 0.400. The second kappa shape index (κ2) is 3.46. The number of phenols is 2. The highest BCUT2D eigenvalue weighted by molar-refractivity contribution is 6.18. The third-order valence-electron chi connectivity index (χ3n) is 2.04. The summed E-state index contributed by atoms with van der Waals surface area (Å²) in [6.07, 6.45) is 0. The summed E-state index contributed by atoms with van der Waals surface area (Å²) >= 11 is 5.76. The van der Waals surface area contributed by atoms with E-state index in [1.54, 1.807) is 0 Å². The highest BCUT2D eigenvalue weighted by Gasteiger charge is 2.23. The van der Waals surface area contributed by atoms with Crippen molar-refractivity contribution >= 4 is 11.6 Å². The van der Waals surface area contributed by atoms with E-state index >= 15 is 0 Å². The van der Waals surface area contributed by atoms with E-state index in [1.165, 1.54) is 18.2 Å². The molecule has 1 aromatic carbocycles. The summed E-state index contributed by atoms with van der Waals surface area (Å²) in [6, 6.07) is 4.46. The normalized spacial score (nSPS) is 11.6. The van der Waals surface area contributed by atoms with Crippen molar-refractivity contribution < 1.29 is 10.2 Å². The topological polar surface area (TPSA) is 40.5 Å². The van der Waals surface area contributed by atoms with Gasteiger partial charge in [0.1, 0.15) is 11.5 Å². The van der Waals surface area contributed by atoms with Gasteiger partial charge in [-0.3, -0.25) is 0 Å². The highest BCUT2D eigenvalue weighted by atomic mass is 35.5. The Morgan fingerprint density at radius 2 is 1.92 bits per heavy atom. The molecule has 0 aliphatic carbocycles. The van der Waals surface area contributed by atoms with Gasteiger partial charge < -0.3 is 10.2 Å². The molecule has 0 spiro atoms. The molecule has 0 amide bonds. The molecule has 0 aromatic heterocycles. The van der Waals surface area contributed by atoms with E-state index < -0.39 is 0 Å². The summed E-state index contributed by atoms with van der Waals surface area (Å²) in [6.45, 7) is 3.82. The van der Waals surface area contributed by atoms with Gasteiger partial charge in [-0.25, -0.2) is 0 Å². The lowest BCUT2D eigenvalue weighted by Crippen LogP contribution is -2.18. The van der Waals surface area contributed by atoms with Crippen LogP contribution in [0.1, 0.15) is 19.4 Å². The first-order valence-electron chi connectivity index (χ1n) is 4.06. The number of hydrogen-bond donors (Lipinski definition) is 2. The molecule has 3 heteroatoms. The Hall–Kier alpha value is -0.890. The van der Waals surface area contributed by atoms with Gasteiger partial charge >= 0.3 is 0 Å². The van der Waals surface area contributed by atoms with E-state index in [0.717, 1.165) is 0 Å². The summed E-state index contributed by atoms with van der Waals surface area (Å²) in [5.41, 5.74) is 0.340. The van der Waals surface area contributed by atoms with Gasteiger partial charge in [-0.1, -0.05) is 13.8 Å². The molecular weight excluding hydrogens is 188 g/mol. The van der Waals surface area contributed by atoms with E-state index in [1.807, 2.05) is 13.8 Å². The van der Waals surface area contributed by atoms with Crippen LogP contribution in [0.4, 0.5) is 0 Å². The molecule has 0 unspecified atom stereocenters. The van der Waals surface area contributed by atoms with Crippen molar-refractivity contribution in [1.29, 1.82) is 0 Å². The zero-order valence-corrected chi connectivity index (χ0v) is 8.47. The zero-order valence-electron chi connectivity index (χ0n) is 7.71. The minimum absolute atomic E-state index is 0.144. The maximum atomic E-state index is 9.53. The van der Waals surface area contributed by atoms with Gasteiger partial charge in [-0.15, -0.1) is 11.6 Å². The minimum Gasteiger partial charge on any atom is -0.508 e. The smallest absolute Gasteiger partial charge is 0.119 e. The quantitative estimate of drug-likeness (QED) is 0.569. The third-order valence-corrected chi connectivity index (χ3v) is 2.71. The third kappa shape index (κ3) is 2.07. The Kier molecular flexibility index (Phi) is 2.71. The second-order valence-corrected chi connectivity index (χ2v) is 3.99. The zero-order chi connectivity index (χ0) is 10.1. The fourth-order valence-corrected chi connectivity index (χ4v) is 1.28. The largest absolute Gasteiger partial charge is 0.508 e. The molecule has 0 saturated heterocycles. The number of hydrogen-bond acceptors (Lipinski definition) is 2. The molecule has 0 radical (unpaired) electrons. The molecule has 1 aromatic rings. The van der Waals surface area contributed by atoms with Crippen LogP contribution in [-0.4, -0.2) is 16.1 Å². The van der Waals surface area contributed by atoms with Crippen molar-refractivity contribution in [3.8, 4) is 11.5 Å². The van der Waals surface area contributed by atoms with Crippen LogP contribution in [0, 0.1) is 0 Å². The van der Waals surface area contributed by atoms with Gasteiger partial charge in [-0.2, -0.15) is 0 Å². The maximum Gasteiger partial charge on any atom is 0.119 e. The standard InChI is InChI=1S/C10H13ClO2/c1-10(2,6-11)8-5-7(12)3-4-9(8)13/h3-5,12-13H,6H2,1-2H3. The van der Waals surface area contributed by atoms with Crippen LogP contribution in [0.15, 0.2) is 18.2 Å². The van der Waals surface area contributed by atoms with Crippen molar-refractivity contribution in [3.05, 3.63) is 23.8 Å². The Balaban J connectivity index is 3.20. The van der Waals surface area contributed by atoms with E-state index in [-0.39, 0.29) is 16.9 Å². The number of aromatic hydroxyl groups is 2. The molecule has 0 saturated carbocycles. The monoisotopic (exact) mass is 200 g/mol. The molecule has 0 fully saturated rings. The molecule has 72 valence electrons. The van der Waals surface area contributed by atoms with E-state index in [0.29, 0.717) is 11.4 Å². The second-order valence-electron chi connectivity index (χ2n) is 3.72. The number of alkyl halides is 1. The van der Waals surface area contributed by atoms with Crippen LogP contribution in [0.5, 0.6) is 11.5 Å². The Morgan fingerprint density at radius 3 is 2.46 bits per heavy atom. The highest BCUT2D eigenvalue weighted by Crippen LogP contribution is 2.34. The van der Waals surface area contributed by atoms with Crippen molar-refractivity contribution in [1.82, 2.24) is 0 Å². The molecule has 1 rings (SSSR count). The van der Waals surface area contributed by atoms with Crippen LogP contribution >= 0.6 is 11.6 Å². The van der Waals surface area contributed by atoms with Gasteiger partial charge in [-0.05, 0) is 18.2 Å². The van der Waals surface area contributed by atoms with Crippen molar-refractivity contribution in [2.45, 2.75) is 19.3 Å². The molecule has 0 aliphatic rings. The van der Waals surface area contributed by atoms with Crippen LogP contribution in [0.25, 0.3) is 0 Å². The van der Waals surface area contributed by atoms with Gasteiger partial charge in [0.05, 0.1) is 0 Å². The molecule has 13 heavy (non-hydrogen) atoms. The van der Waals surface area contributed by atoms with E-state index in [9.17, 15) is 10.2 Å². The molecule has 0 atom stereocenters. The van der Waals surface area contributed by atoms with E-state index in [2.05, 4.69) is 0 Å². The van der Waals surface area contributed by atoms with Crippen LogP contribution in [0.3, 0.4) is 0 Å². The first-order valence-corrected chi connectivity index (χ1v) is 4.59. The molecule has 0 bridgehead atoms. The summed E-state index contributed by atoms with van der Waals surface area (Å²) in [7, 11) is 0. The number of benzene rings is 1. The minimum atomic E-state index is -0.329. The lowest BCUT2D eigenvalue weighted by atomic mass is 9.86. The predicted molar refractivity (Wildman–Crippen MR) is 53.5 cm³/mol. The number of halogens is 1. The SMILES string of the molecule is CC(C)(CCl)c1cc(O)ccc1O. The maximum absolute atomic E-state index is 9.53. The van der Waals surface area contributed by atoms with Gasteiger partial charge in [0.2, 0.25) is 0 Å². The van der Waals surface area contributed by atoms with Crippen LogP contribution < -0.4 is 0 Å². The first kappa shape index (κ1) is 10.2. The first-order chi connectivity index (χ1) is 5.97. The summed E-state index contributed by atoms with van der Waals surface area (Å²) in [4.78, 5) is 0. The average Bonchev–Trinajstić information content (AvgIpc) is 2.09. The Bertz CT molecular complexity index is 308. The van der Waals surface area contributed by atoms with Gasteiger partial charge in [0.25, 0.3) is 0 Å². The number of rotatable bonds is 2. The molecular formula is C10H13ClO2. The molecule has 2 N–H and O–H groups in total. The molecule has 0 aliphatic heterocycles. The van der Waals surface area contributed by atoms with E-state index in [4.69, 9.17) is 11.6 Å². The van der Waals surface area contributed by atoms with Crippen LogP contribution in [-0.2, 0) is 5.41 Å². The van der Waals surface area contributed by atoms with Gasteiger partial charge in [0.15, 0.2) is 0 Å². The summed E-state index contributed by atoms with van der Waals surface area (Å²) in [5, 5.41) is 18.8. The molecule has 2 nitrogen and oxygen atoms in total. The fourth-order valence-electron chi connectivity index (χ4n) is 1.14. The van der Waals surface area contributed by atoms with Crippen molar-refractivity contribution in [2.75, 3.05) is 5.88 Å². The Morgan fingerprint density at radius 1 is 1.31 bits per heavy atom. The average molecular weight is 201 g/mol. The summed E-state index contributed by atoms with van der Waals surface area (Å²) < 4.78 is 0.